The third-order valence-corrected chi connectivity index (χ3v) is 5.62. The second kappa shape index (κ2) is 9.87. The van der Waals surface area contributed by atoms with Gasteiger partial charge in [0.2, 0.25) is 0 Å². The number of hydrogen-bond donors (Lipinski definition) is 1. The fraction of sp³-hybridized carbons (Fsp3) is 0.360. The van der Waals surface area contributed by atoms with Crippen LogP contribution in [-0.4, -0.2) is 68.0 Å². The first-order valence-electron chi connectivity index (χ1n) is 10.5. The number of ether oxygens (including phenoxy) is 2. The Morgan fingerprint density at radius 3 is 2.47 bits per heavy atom. The van der Waals surface area contributed by atoms with Crippen LogP contribution in [0.4, 0.5) is 0 Å². The molecule has 1 aliphatic rings. The van der Waals surface area contributed by atoms with Gasteiger partial charge in [0.15, 0.2) is 0 Å². The number of Topliss-reactive ketones (excluding diaryl/α,β-unsaturated/α-hetero) is 1. The van der Waals surface area contributed by atoms with E-state index >= 15 is 0 Å². The molecule has 0 spiro atoms. The number of aliphatic hydroxyl groups is 1. The normalized spacial score (nSPS) is 17.8. The number of carbonyl (C=O) groups is 2. The van der Waals surface area contributed by atoms with Crippen molar-refractivity contribution in [3.05, 3.63) is 64.7 Å². The van der Waals surface area contributed by atoms with Crippen LogP contribution in [0.15, 0.2) is 48.0 Å². The van der Waals surface area contributed by atoms with E-state index in [1.165, 1.54) is 0 Å². The molecule has 0 aromatic heterocycles. The summed E-state index contributed by atoms with van der Waals surface area (Å²) in [6.45, 7) is 3.02. The SMILES string of the molecule is COc1cccc(C2/C(=C(/O)c3ccc(OC)c(C)c3)C(=O)C(=O)N2CCCN(C)C)c1. The van der Waals surface area contributed by atoms with Crippen molar-refractivity contribution in [3.8, 4) is 11.5 Å². The number of hydrogen-bond acceptors (Lipinski definition) is 6. The lowest BCUT2D eigenvalue weighted by Gasteiger charge is -2.26. The highest BCUT2D eigenvalue weighted by molar-refractivity contribution is 6.46. The highest BCUT2D eigenvalue weighted by Gasteiger charge is 2.45. The van der Waals surface area contributed by atoms with Gasteiger partial charge >= 0.3 is 0 Å². The average molecular weight is 439 g/mol. The van der Waals surface area contributed by atoms with Gasteiger partial charge in [0.05, 0.1) is 25.8 Å². The van der Waals surface area contributed by atoms with Gasteiger partial charge in [-0.25, -0.2) is 0 Å². The van der Waals surface area contributed by atoms with Crippen molar-refractivity contribution >= 4 is 17.4 Å². The van der Waals surface area contributed by atoms with Crippen molar-refractivity contribution < 1.29 is 24.2 Å². The number of aryl methyl sites for hydroxylation is 1. The van der Waals surface area contributed by atoms with Gasteiger partial charge in [-0.3, -0.25) is 9.59 Å². The van der Waals surface area contributed by atoms with Crippen molar-refractivity contribution in [3.63, 3.8) is 0 Å². The molecule has 3 rings (SSSR count). The molecule has 1 saturated heterocycles. The van der Waals surface area contributed by atoms with Gasteiger partial charge in [-0.1, -0.05) is 12.1 Å². The third-order valence-electron chi connectivity index (χ3n) is 5.62. The molecule has 2 aromatic carbocycles. The second-order valence-corrected chi connectivity index (χ2v) is 8.11. The number of benzene rings is 2. The van der Waals surface area contributed by atoms with E-state index in [-0.39, 0.29) is 11.3 Å². The zero-order valence-corrected chi connectivity index (χ0v) is 19.2. The zero-order valence-electron chi connectivity index (χ0n) is 19.2. The van der Waals surface area contributed by atoms with Gasteiger partial charge in [0, 0.05) is 12.1 Å². The van der Waals surface area contributed by atoms with Crippen LogP contribution in [0.5, 0.6) is 11.5 Å². The summed E-state index contributed by atoms with van der Waals surface area (Å²) in [7, 11) is 7.05. The number of nitrogens with zero attached hydrogens (tertiary/aromatic N) is 2. The van der Waals surface area contributed by atoms with E-state index in [1.807, 2.05) is 38.1 Å². The van der Waals surface area contributed by atoms with Crippen molar-refractivity contribution in [2.45, 2.75) is 19.4 Å². The molecule has 0 radical (unpaired) electrons. The maximum absolute atomic E-state index is 13.1. The van der Waals surface area contributed by atoms with E-state index in [9.17, 15) is 14.7 Å². The molecular formula is C25H30N2O5. The molecule has 7 heteroatoms. The molecule has 0 aliphatic carbocycles. The quantitative estimate of drug-likeness (QED) is 0.387. The largest absolute Gasteiger partial charge is 0.507 e. The molecule has 32 heavy (non-hydrogen) atoms. The van der Waals surface area contributed by atoms with Crippen molar-refractivity contribution in [1.29, 1.82) is 0 Å². The molecule has 1 fully saturated rings. The van der Waals surface area contributed by atoms with Crippen LogP contribution >= 0.6 is 0 Å². The Morgan fingerprint density at radius 1 is 1.09 bits per heavy atom. The maximum atomic E-state index is 13.1. The fourth-order valence-electron chi connectivity index (χ4n) is 4.01. The molecule has 1 unspecified atom stereocenters. The Hall–Kier alpha value is -3.32. The minimum absolute atomic E-state index is 0.0812. The van der Waals surface area contributed by atoms with Crippen molar-refractivity contribution in [1.82, 2.24) is 9.80 Å². The first-order valence-corrected chi connectivity index (χ1v) is 10.5. The number of rotatable bonds is 8. The highest BCUT2D eigenvalue weighted by Crippen LogP contribution is 2.40. The number of aliphatic hydroxyl groups excluding tert-OH is 1. The second-order valence-electron chi connectivity index (χ2n) is 8.11. The van der Waals surface area contributed by atoms with E-state index < -0.39 is 17.7 Å². The third kappa shape index (κ3) is 4.62. The van der Waals surface area contributed by atoms with Gasteiger partial charge in [-0.05, 0) is 75.4 Å². The number of carbonyl (C=O) groups excluding carboxylic acids is 2. The highest BCUT2D eigenvalue weighted by atomic mass is 16.5. The Kier molecular flexibility index (Phi) is 7.20. The van der Waals surface area contributed by atoms with E-state index in [4.69, 9.17) is 9.47 Å². The predicted octanol–water partition coefficient (Wildman–Crippen LogP) is 3.39. The van der Waals surface area contributed by atoms with Gasteiger partial charge < -0.3 is 24.4 Å². The van der Waals surface area contributed by atoms with Crippen LogP contribution in [0.1, 0.15) is 29.2 Å². The Balaban J connectivity index is 2.12. The van der Waals surface area contributed by atoms with Crippen LogP contribution in [-0.2, 0) is 9.59 Å². The molecule has 0 bridgehead atoms. The molecule has 1 amide bonds. The molecule has 0 saturated carbocycles. The maximum Gasteiger partial charge on any atom is 0.295 e. The summed E-state index contributed by atoms with van der Waals surface area (Å²) >= 11 is 0. The lowest BCUT2D eigenvalue weighted by molar-refractivity contribution is -0.139. The fourth-order valence-corrected chi connectivity index (χ4v) is 4.01. The minimum atomic E-state index is -0.699. The molecule has 170 valence electrons. The average Bonchev–Trinajstić information content (AvgIpc) is 3.03. The molecule has 1 N–H and O–H groups in total. The summed E-state index contributed by atoms with van der Waals surface area (Å²) in [5, 5.41) is 11.2. The Morgan fingerprint density at radius 2 is 1.84 bits per heavy atom. The van der Waals surface area contributed by atoms with Gasteiger partial charge in [-0.2, -0.15) is 0 Å². The number of ketones is 1. The van der Waals surface area contributed by atoms with Crippen molar-refractivity contribution in [2.75, 3.05) is 41.4 Å². The van der Waals surface area contributed by atoms with Crippen LogP contribution in [0.3, 0.4) is 0 Å². The first kappa shape index (κ1) is 23.3. The molecule has 1 heterocycles. The van der Waals surface area contributed by atoms with Crippen LogP contribution in [0.2, 0.25) is 0 Å². The first-order chi connectivity index (χ1) is 15.3. The summed E-state index contributed by atoms with van der Waals surface area (Å²) in [5.41, 5.74) is 2.06. The van der Waals surface area contributed by atoms with Crippen LogP contribution in [0.25, 0.3) is 5.76 Å². The Bertz CT molecular complexity index is 1040. The Labute approximate surface area is 188 Å². The zero-order chi connectivity index (χ0) is 23.4. The number of methoxy groups -OCH3 is 2. The monoisotopic (exact) mass is 438 g/mol. The van der Waals surface area contributed by atoms with Gasteiger partial charge in [-0.15, -0.1) is 0 Å². The van der Waals surface area contributed by atoms with E-state index in [2.05, 4.69) is 0 Å². The summed E-state index contributed by atoms with van der Waals surface area (Å²) in [5.74, 6) is -0.203. The van der Waals surface area contributed by atoms with Gasteiger partial charge in [0.1, 0.15) is 17.3 Å². The lowest BCUT2D eigenvalue weighted by Crippen LogP contribution is -2.32. The molecule has 1 atom stereocenters. The van der Waals surface area contributed by atoms with E-state index in [0.717, 1.165) is 12.1 Å². The van der Waals surface area contributed by atoms with Crippen LogP contribution < -0.4 is 9.47 Å². The minimum Gasteiger partial charge on any atom is -0.507 e. The summed E-state index contributed by atoms with van der Waals surface area (Å²) in [6, 6.07) is 11.7. The lowest BCUT2D eigenvalue weighted by atomic mass is 9.94. The predicted molar refractivity (Wildman–Crippen MR) is 123 cm³/mol. The smallest absolute Gasteiger partial charge is 0.295 e. The summed E-state index contributed by atoms with van der Waals surface area (Å²) in [6.07, 6.45) is 0.697. The van der Waals surface area contributed by atoms with Crippen molar-refractivity contribution in [2.24, 2.45) is 0 Å². The summed E-state index contributed by atoms with van der Waals surface area (Å²) < 4.78 is 10.6. The summed E-state index contributed by atoms with van der Waals surface area (Å²) in [4.78, 5) is 29.7. The molecule has 1 aliphatic heterocycles. The molecule has 7 nitrogen and oxygen atoms in total. The number of likely N-dealkylation sites (tertiary alicyclic amines) is 1. The van der Waals surface area contributed by atoms with Crippen LogP contribution in [0, 0.1) is 6.92 Å². The molecule has 2 aromatic rings. The topological polar surface area (TPSA) is 79.3 Å². The van der Waals surface area contributed by atoms with E-state index in [0.29, 0.717) is 35.6 Å². The molecular weight excluding hydrogens is 408 g/mol. The standard InChI is InChI=1S/C25H30N2O5/c1-16-14-18(10-11-20(16)32-5)23(28)21-22(17-8-6-9-19(15-17)31-4)27(25(30)24(21)29)13-7-12-26(2)3/h6,8-11,14-15,22,28H,7,12-13H2,1-5H3/b23-21-. The van der Waals surface area contributed by atoms with Gasteiger partial charge in [0.25, 0.3) is 11.7 Å². The number of amides is 1. The van der Waals surface area contributed by atoms with E-state index in [1.54, 1.807) is 49.5 Å².